The Morgan fingerprint density at radius 1 is 1.12 bits per heavy atom. The van der Waals surface area contributed by atoms with Crippen molar-refractivity contribution in [3.05, 3.63) is 52.2 Å². The Bertz CT molecular complexity index is 608. The van der Waals surface area contributed by atoms with E-state index in [0.29, 0.717) is 19.6 Å². The Labute approximate surface area is 147 Å². The minimum Gasteiger partial charge on any atom is -0.493 e. The molecule has 0 spiro atoms. The number of esters is 1. The Balaban J connectivity index is 1.65. The van der Waals surface area contributed by atoms with Crippen molar-refractivity contribution in [2.24, 2.45) is 11.7 Å². The number of rotatable bonds is 9. The molecule has 1 aromatic carbocycles. The number of nitrogens with two attached hydrogens (primary N) is 1. The molecule has 5 heteroatoms. The van der Waals surface area contributed by atoms with Gasteiger partial charge >= 0.3 is 5.97 Å². The zero-order valence-electron chi connectivity index (χ0n) is 14.2. The highest BCUT2D eigenvalue weighted by atomic mass is 32.1. The van der Waals surface area contributed by atoms with Crippen molar-refractivity contribution in [1.82, 2.24) is 0 Å². The highest BCUT2D eigenvalue weighted by molar-refractivity contribution is 7.07. The molecule has 1 aromatic heterocycles. The Morgan fingerprint density at radius 3 is 2.50 bits per heavy atom. The quantitative estimate of drug-likeness (QED) is 0.556. The average Bonchev–Trinajstić information content (AvgIpc) is 3.08. The summed E-state index contributed by atoms with van der Waals surface area (Å²) in [5.74, 6) is 0.309. The highest BCUT2D eigenvalue weighted by Crippen LogP contribution is 2.17. The molecular weight excluding hydrogens is 322 g/mol. The molecule has 0 bridgehead atoms. The summed E-state index contributed by atoms with van der Waals surface area (Å²) >= 11 is 1.72. The summed E-state index contributed by atoms with van der Waals surface area (Å²) in [6.45, 7) is 4.45. The van der Waals surface area contributed by atoms with Crippen LogP contribution < -0.4 is 10.5 Å². The number of carbonyl (C=O) groups is 1. The van der Waals surface area contributed by atoms with Gasteiger partial charge in [0.05, 0.1) is 19.1 Å². The smallest absolute Gasteiger partial charge is 0.310 e. The third-order valence-corrected chi connectivity index (χ3v) is 4.61. The molecule has 2 rings (SSSR count). The molecule has 2 unspecified atom stereocenters. The lowest BCUT2D eigenvalue weighted by atomic mass is 10.1. The normalized spacial score (nSPS) is 13.3. The monoisotopic (exact) mass is 347 g/mol. The first-order valence-corrected chi connectivity index (χ1v) is 9.15. The van der Waals surface area contributed by atoms with Crippen LogP contribution in [0, 0.1) is 5.92 Å². The second kappa shape index (κ2) is 9.45. The fourth-order valence-corrected chi connectivity index (χ4v) is 2.77. The Kier molecular flexibility index (Phi) is 7.28. The van der Waals surface area contributed by atoms with Crippen LogP contribution in [0.15, 0.2) is 41.1 Å². The van der Waals surface area contributed by atoms with Gasteiger partial charge in [0.15, 0.2) is 0 Å². The Morgan fingerprint density at radius 2 is 1.88 bits per heavy atom. The van der Waals surface area contributed by atoms with Crippen LogP contribution in [-0.2, 0) is 16.0 Å². The lowest BCUT2D eigenvalue weighted by Crippen LogP contribution is -2.32. The second-order valence-corrected chi connectivity index (χ2v) is 6.75. The highest BCUT2D eigenvalue weighted by Gasteiger charge is 2.18. The average molecular weight is 347 g/mol. The molecule has 2 aromatic rings. The van der Waals surface area contributed by atoms with Gasteiger partial charge in [0.25, 0.3) is 0 Å². The van der Waals surface area contributed by atoms with E-state index in [0.717, 1.165) is 12.2 Å². The molecular formula is C19H25NO3S. The van der Waals surface area contributed by atoms with E-state index in [1.165, 1.54) is 11.1 Å². The first-order valence-electron chi connectivity index (χ1n) is 8.21. The predicted octanol–water partition coefficient (Wildman–Crippen LogP) is 3.63. The summed E-state index contributed by atoms with van der Waals surface area (Å²) in [7, 11) is 0. The lowest BCUT2D eigenvalue weighted by molar-refractivity contribution is -0.148. The van der Waals surface area contributed by atoms with Gasteiger partial charge in [0.1, 0.15) is 5.75 Å². The topological polar surface area (TPSA) is 61.6 Å². The van der Waals surface area contributed by atoms with E-state index < -0.39 is 0 Å². The molecule has 0 aliphatic rings. The van der Waals surface area contributed by atoms with Crippen molar-refractivity contribution in [2.45, 2.75) is 32.7 Å². The van der Waals surface area contributed by atoms with Crippen molar-refractivity contribution >= 4 is 17.3 Å². The molecule has 24 heavy (non-hydrogen) atoms. The van der Waals surface area contributed by atoms with Crippen LogP contribution in [0.2, 0.25) is 0 Å². The van der Waals surface area contributed by atoms with E-state index in [1.54, 1.807) is 25.2 Å². The summed E-state index contributed by atoms with van der Waals surface area (Å²) in [5.41, 5.74) is 8.27. The van der Waals surface area contributed by atoms with E-state index in [4.69, 9.17) is 15.2 Å². The summed E-state index contributed by atoms with van der Waals surface area (Å²) in [4.78, 5) is 11.6. The van der Waals surface area contributed by atoms with Crippen LogP contribution in [0.5, 0.6) is 5.75 Å². The van der Waals surface area contributed by atoms with Gasteiger partial charge in [-0.1, -0.05) is 19.1 Å². The molecule has 0 saturated carbocycles. The number of ether oxygens (including phenoxy) is 2. The number of carbonyl (C=O) groups excluding carboxylic acids is 1. The van der Waals surface area contributed by atoms with Crippen LogP contribution in [0.3, 0.4) is 0 Å². The van der Waals surface area contributed by atoms with E-state index in [-0.39, 0.29) is 17.9 Å². The van der Waals surface area contributed by atoms with Gasteiger partial charge in [-0.3, -0.25) is 4.79 Å². The SMILES string of the molecule is CC(N)C(C)C(=O)OCCCOc1ccc(Cc2ccsc2)cc1. The Hall–Kier alpha value is -1.85. The molecule has 0 amide bonds. The molecule has 0 saturated heterocycles. The van der Waals surface area contributed by atoms with Crippen LogP contribution in [-0.4, -0.2) is 25.2 Å². The standard InChI is InChI=1S/C19H25NO3S/c1-14(15(2)20)19(21)23-10-3-9-22-18-6-4-16(5-7-18)12-17-8-11-24-13-17/h4-8,11,13-15H,3,9-10,12,20H2,1-2H3. The number of hydrogen-bond donors (Lipinski definition) is 1. The van der Waals surface area contributed by atoms with Crippen LogP contribution in [0.1, 0.15) is 31.4 Å². The van der Waals surface area contributed by atoms with E-state index in [9.17, 15) is 4.79 Å². The largest absolute Gasteiger partial charge is 0.493 e. The van der Waals surface area contributed by atoms with Gasteiger partial charge in [0, 0.05) is 12.5 Å². The van der Waals surface area contributed by atoms with Gasteiger partial charge in [-0.2, -0.15) is 11.3 Å². The minimum atomic E-state index is -0.276. The third-order valence-electron chi connectivity index (χ3n) is 3.87. The number of thiophene rings is 1. The molecule has 0 radical (unpaired) electrons. The van der Waals surface area contributed by atoms with E-state index in [2.05, 4.69) is 29.0 Å². The third kappa shape index (κ3) is 5.98. The van der Waals surface area contributed by atoms with E-state index >= 15 is 0 Å². The van der Waals surface area contributed by atoms with E-state index in [1.807, 2.05) is 12.1 Å². The molecule has 0 aliphatic heterocycles. The van der Waals surface area contributed by atoms with Crippen LogP contribution >= 0.6 is 11.3 Å². The molecule has 130 valence electrons. The maximum absolute atomic E-state index is 11.6. The van der Waals surface area contributed by atoms with Gasteiger partial charge in [-0.15, -0.1) is 0 Å². The molecule has 0 aliphatic carbocycles. The molecule has 4 nitrogen and oxygen atoms in total. The maximum atomic E-state index is 11.6. The first-order chi connectivity index (χ1) is 11.6. The zero-order chi connectivity index (χ0) is 17.4. The minimum absolute atomic E-state index is 0.193. The van der Waals surface area contributed by atoms with Gasteiger partial charge < -0.3 is 15.2 Å². The predicted molar refractivity (Wildman–Crippen MR) is 97.5 cm³/mol. The maximum Gasteiger partial charge on any atom is 0.310 e. The summed E-state index contributed by atoms with van der Waals surface area (Å²) < 4.78 is 10.9. The fraction of sp³-hybridized carbons (Fsp3) is 0.421. The number of benzene rings is 1. The van der Waals surface area contributed by atoms with Crippen molar-refractivity contribution in [1.29, 1.82) is 0 Å². The van der Waals surface area contributed by atoms with Crippen molar-refractivity contribution in [2.75, 3.05) is 13.2 Å². The van der Waals surface area contributed by atoms with Crippen molar-refractivity contribution in [3.8, 4) is 5.75 Å². The van der Waals surface area contributed by atoms with Crippen LogP contribution in [0.4, 0.5) is 0 Å². The van der Waals surface area contributed by atoms with Crippen molar-refractivity contribution in [3.63, 3.8) is 0 Å². The second-order valence-electron chi connectivity index (χ2n) is 5.97. The fourth-order valence-electron chi connectivity index (χ4n) is 2.10. The lowest BCUT2D eigenvalue weighted by Gasteiger charge is -2.14. The molecule has 2 atom stereocenters. The summed E-state index contributed by atoms with van der Waals surface area (Å²) in [6.07, 6.45) is 1.60. The first kappa shape index (κ1) is 18.5. The van der Waals surface area contributed by atoms with Gasteiger partial charge in [-0.05, 0) is 53.4 Å². The molecule has 1 heterocycles. The molecule has 0 fully saturated rings. The van der Waals surface area contributed by atoms with Crippen molar-refractivity contribution < 1.29 is 14.3 Å². The van der Waals surface area contributed by atoms with Crippen LogP contribution in [0.25, 0.3) is 0 Å². The number of hydrogen-bond acceptors (Lipinski definition) is 5. The summed E-state index contributed by atoms with van der Waals surface area (Å²) in [6, 6.07) is 10.1. The van der Waals surface area contributed by atoms with Gasteiger partial charge in [-0.25, -0.2) is 0 Å². The molecule has 2 N–H and O–H groups in total. The zero-order valence-corrected chi connectivity index (χ0v) is 15.1. The van der Waals surface area contributed by atoms with Gasteiger partial charge in [0.2, 0.25) is 0 Å². The summed E-state index contributed by atoms with van der Waals surface area (Å²) in [5, 5.41) is 4.26.